The summed E-state index contributed by atoms with van der Waals surface area (Å²) in [5.41, 5.74) is 1.91. The highest BCUT2D eigenvalue weighted by Gasteiger charge is 2.22. The van der Waals surface area contributed by atoms with E-state index in [0.717, 1.165) is 48.6 Å². The van der Waals surface area contributed by atoms with Crippen molar-refractivity contribution in [1.82, 2.24) is 25.1 Å². The third kappa shape index (κ3) is 2.06. The normalized spacial score (nSPS) is 20.2. The Labute approximate surface area is 112 Å². The first-order chi connectivity index (χ1) is 9.20. The van der Waals surface area contributed by atoms with Crippen molar-refractivity contribution < 1.29 is 0 Å². The fourth-order valence-electron chi connectivity index (χ4n) is 2.79. The second-order valence-corrected chi connectivity index (χ2v) is 5.11. The maximum atomic E-state index is 4.51. The van der Waals surface area contributed by atoms with Crippen LogP contribution in [0.4, 0.5) is 5.82 Å². The first-order valence-corrected chi connectivity index (χ1v) is 6.83. The van der Waals surface area contributed by atoms with Crippen LogP contribution in [0.2, 0.25) is 0 Å². The Balaban J connectivity index is 2.05. The molecule has 0 spiro atoms. The summed E-state index contributed by atoms with van der Waals surface area (Å²) in [6.07, 6.45) is 2.78. The summed E-state index contributed by atoms with van der Waals surface area (Å²) >= 11 is 0. The molecule has 0 saturated carbocycles. The molecule has 1 N–H and O–H groups in total. The number of nitrogens with zero attached hydrogens (tertiary/aromatic N) is 5. The maximum Gasteiger partial charge on any atom is 0.163 e. The van der Waals surface area contributed by atoms with Gasteiger partial charge in [0, 0.05) is 32.7 Å². The molecule has 2 aromatic heterocycles. The summed E-state index contributed by atoms with van der Waals surface area (Å²) < 4.78 is 1.83. The van der Waals surface area contributed by atoms with Crippen LogP contribution in [0.25, 0.3) is 11.0 Å². The van der Waals surface area contributed by atoms with Crippen molar-refractivity contribution in [3.8, 4) is 0 Å². The lowest BCUT2D eigenvalue weighted by Gasteiger charge is -2.34. The van der Waals surface area contributed by atoms with Crippen LogP contribution >= 0.6 is 0 Å². The Kier molecular flexibility index (Phi) is 3.10. The molecule has 19 heavy (non-hydrogen) atoms. The minimum atomic E-state index is 0.538. The minimum absolute atomic E-state index is 0.538. The van der Waals surface area contributed by atoms with E-state index in [1.165, 1.54) is 0 Å². The fraction of sp³-hybridized carbons (Fsp3) is 0.615. The highest BCUT2D eigenvalue weighted by Crippen LogP contribution is 2.26. The van der Waals surface area contributed by atoms with E-state index >= 15 is 0 Å². The van der Waals surface area contributed by atoms with E-state index in [9.17, 15) is 0 Å². The molecule has 1 atom stereocenters. The van der Waals surface area contributed by atoms with Crippen molar-refractivity contribution in [2.75, 3.05) is 24.5 Å². The van der Waals surface area contributed by atoms with E-state index in [-0.39, 0.29) is 0 Å². The molecule has 1 aliphatic heterocycles. The molecule has 1 aliphatic rings. The van der Waals surface area contributed by atoms with Crippen LogP contribution in [0.5, 0.6) is 0 Å². The minimum Gasteiger partial charge on any atom is -0.353 e. The predicted molar refractivity (Wildman–Crippen MR) is 75.3 cm³/mol. The molecular weight excluding hydrogens is 240 g/mol. The number of anilines is 1. The summed E-state index contributed by atoms with van der Waals surface area (Å²) in [4.78, 5) is 11.2. The predicted octanol–water partition coefficient (Wildman–Crippen LogP) is 0.860. The summed E-state index contributed by atoms with van der Waals surface area (Å²) in [6, 6.07) is 0.538. The second-order valence-electron chi connectivity index (χ2n) is 5.11. The van der Waals surface area contributed by atoms with E-state index in [1.54, 1.807) is 6.33 Å². The third-order valence-corrected chi connectivity index (χ3v) is 3.82. The number of hydrogen-bond donors (Lipinski definition) is 1. The Hall–Kier alpha value is -1.69. The highest BCUT2D eigenvalue weighted by molar-refractivity contribution is 5.89. The lowest BCUT2D eigenvalue weighted by molar-refractivity contribution is 0.445. The van der Waals surface area contributed by atoms with Crippen LogP contribution < -0.4 is 10.2 Å². The Morgan fingerprint density at radius 3 is 3.05 bits per heavy atom. The number of aryl methyl sites for hydroxylation is 2. The van der Waals surface area contributed by atoms with Gasteiger partial charge in [-0.2, -0.15) is 5.10 Å². The molecule has 6 nitrogen and oxygen atoms in total. The van der Waals surface area contributed by atoms with Crippen LogP contribution in [0.3, 0.4) is 0 Å². The van der Waals surface area contributed by atoms with Gasteiger partial charge in [-0.15, -0.1) is 0 Å². The van der Waals surface area contributed by atoms with Gasteiger partial charge in [-0.1, -0.05) is 6.92 Å². The van der Waals surface area contributed by atoms with Gasteiger partial charge in [0.1, 0.15) is 12.1 Å². The van der Waals surface area contributed by atoms with Gasteiger partial charge >= 0.3 is 0 Å². The van der Waals surface area contributed by atoms with Gasteiger partial charge in [0.2, 0.25) is 0 Å². The zero-order chi connectivity index (χ0) is 13.4. The van der Waals surface area contributed by atoms with Crippen molar-refractivity contribution in [3.05, 3.63) is 12.0 Å². The quantitative estimate of drug-likeness (QED) is 0.868. The fourth-order valence-corrected chi connectivity index (χ4v) is 2.79. The van der Waals surface area contributed by atoms with Gasteiger partial charge in [-0.05, 0) is 13.3 Å². The third-order valence-electron chi connectivity index (χ3n) is 3.82. The molecule has 0 amide bonds. The van der Waals surface area contributed by atoms with Crippen molar-refractivity contribution in [2.45, 2.75) is 26.3 Å². The average Bonchev–Trinajstić information content (AvgIpc) is 2.74. The largest absolute Gasteiger partial charge is 0.353 e. The van der Waals surface area contributed by atoms with Crippen LogP contribution in [0.15, 0.2) is 6.33 Å². The van der Waals surface area contributed by atoms with Crippen LogP contribution in [-0.4, -0.2) is 45.4 Å². The van der Waals surface area contributed by atoms with Gasteiger partial charge in [0.05, 0.1) is 11.1 Å². The molecule has 0 unspecified atom stereocenters. The zero-order valence-corrected chi connectivity index (χ0v) is 11.7. The molecule has 0 radical (unpaired) electrons. The molecule has 102 valence electrons. The zero-order valence-electron chi connectivity index (χ0n) is 11.7. The standard InChI is InChI=1S/C13H20N6/c1-4-10-7-19(6-5-14-10)13-11-9(2)17-18(3)12(11)15-8-16-13/h8,10,14H,4-7H2,1-3H3/t10-/m0/s1. The van der Waals surface area contributed by atoms with Gasteiger partial charge in [-0.25, -0.2) is 9.97 Å². The van der Waals surface area contributed by atoms with Crippen LogP contribution in [0.1, 0.15) is 19.0 Å². The first kappa shape index (κ1) is 12.3. The molecule has 0 bridgehead atoms. The van der Waals surface area contributed by atoms with E-state index in [1.807, 2.05) is 18.7 Å². The second kappa shape index (κ2) is 4.77. The van der Waals surface area contributed by atoms with Crippen LogP contribution in [0, 0.1) is 6.92 Å². The summed E-state index contributed by atoms with van der Waals surface area (Å²) in [5, 5.41) is 9.07. The van der Waals surface area contributed by atoms with Crippen LogP contribution in [-0.2, 0) is 7.05 Å². The number of nitrogens with one attached hydrogen (secondary N) is 1. The number of fused-ring (bicyclic) bond motifs is 1. The monoisotopic (exact) mass is 260 g/mol. The van der Waals surface area contributed by atoms with Gasteiger partial charge in [0.15, 0.2) is 5.65 Å². The number of piperazine rings is 1. The molecule has 3 rings (SSSR count). The Morgan fingerprint density at radius 2 is 2.26 bits per heavy atom. The summed E-state index contributed by atoms with van der Waals surface area (Å²) in [6.45, 7) is 7.22. The molecular formula is C13H20N6. The topological polar surface area (TPSA) is 58.9 Å². The van der Waals surface area contributed by atoms with Gasteiger partial charge in [0.25, 0.3) is 0 Å². The number of rotatable bonds is 2. The van der Waals surface area contributed by atoms with Crippen molar-refractivity contribution in [2.24, 2.45) is 7.05 Å². The lowest BCUT2D eigenvalue weighted by atomic mass is 10.1. The van der Waals surface area contributed by atoms with Crippen molar-refractivity contribution in [3.63, 3.8) is 0 Å². The highest BCUT2D eigenvalue weighted by atomic mass is 15.3. The summed E-state index contributed by atoms with van der Waals surface area (Å²) in [5.74, 6) is 1.02. The van der Waals surface area contributed by atoms with Gasteiger partial charge in [-0.3, -0.25) is 4.68 Å². The van der Waals surface area contributed by atoms with Crippen molar-refractivity contribution >= 4 is 16.9 Å². The number of hydrogen-bond acceptors (Lipinski definition) is 5. The van der Waals surface area contributed by atoms with Gasteiger partial charge < -0.3 is 10.2 Å². The molecule has 0 aliphatic carbocycles. The Morgan fingerprint density at radius 1 is 1.42 bits per heavy atom. The smallest absolute Gasteiger partial charge is 0.163 e. The molecule has 6 heteroatoms. The van der Waals surface area contributed by atoms with Crippen molar-refractivity contribution in [1.29, 1.82) is 0 Å². The Bertz CT molecular complexity index is 590. The first-order valence-electron chi connectivity index (χ1n) is 6.83. The molecule has 1 saturated heterocycles. The number of aromatic nitrogens is 4. The lowest BCUT2D eigenvalue weighted by Crippen LogP contribution is -2.50. The van der Waals surface area contributed by atoms with E-state index in [4.69, 9.17) is 0 Å². The molecule has 3 heterocycles. The molecule has 1 fully saturated rings. The van der Waals surface area contributed by atoms with E-state index in [0.29, 0.717) is 6.04 Å². The van der Waals surface area contributed by atoms with E-state index in [2.05, 4.69) is 32.2 Å². The maximum absolute atomic E-state index is 4.51. The van der Waals surface area contributed by atoms with E-state index < -0.39 is 0 Å². The summed E-state index contributed by atoms with van der Waals surface area (Å²) in [7, 11) is 1.93. The molecule has 2 aromatic rings. The molecule has 0 aromatic carbocycles. The SMILES string of the molecule is CC[C@H]1CN(c2ncnc3c2c(C)nn3C)CCN1. The average molecular weight is 260 g/mol.